The van der Waals surface area contributed by atoms with E-state index in [1.54, 1.807) is 22.8 Å². The summed E-state index contributed by atoms with van der Waals surface area (Å²) in [7, 11) is -2.14. The summed E-state index contributed by atoms with van der Waals surface area (Å²) in [5.74, 6) is -0.529. The lowest BCUT2D eigenvalue weighted by Gasteiger charge is -2.39. The Labute approximate surface area is 213 Å². The van der Waals surface area contributed by atoms with Crippen molar-refractivity contribution in [3.05, 3.63) is 59.9 Å². The number of fused-ring (bicyclic) bond motifs is 3. The number of aryl methyl sites for hydroxylation is 1. The lowest BCUT2D eigenvalue weighted by Crippen LogP contribution is -2.52. The summed E-state index contributed by atoms with van der Waals surface area (Å²) < 4.78 is 45.0. The first-order chi connectivity index (χ1) is 17.5. The number of carbonyl (C=O) groups excluding carboxylic acids is 1. The minimum absolute atomic E-state index is 0.0272. The third-order valence-corrected chi connectivity index (χ3v) is 8.64. The van der Waals surface area contributed by atoms with Gasteiger partial charge in [-0.15, -0.1) is 0 Å². The second kappa shape index (κ2) is 8.18. The Morgan fingerprint density at radius 3 is 2.59 bits per heavy atom. The Morgan fingerprint density at radius 1 is 1.19 bits per heavy atom. The molecule has 0 radical (unpaired) electrons. The Morgan fingerprint density at radius 2 is 1.95 bits per heavy atom. The van der Waals surface area contributed by atoms with Crippen molar-refractivity contribution in [3.8, 4) is 11.1 Å². The zero-order valence-corrected chi connectivity index (χ0v) is 21.5. The van der Waals surface area contributed by atoms with Gasteiger partial charge in [0.15, 0.2) is 0 Å². The Kier molecular flexibility index (Phi) is 5.25. The van der Waals surface area contributed by atoms with Crippen molar-refractivity contribution in [1.82, 2.24) is 24.4 Å². The van der Waals surface area contributed by atoms with Gasteiger partial charge in [0, 0.05) is 41.7 Å². The molecule has 192 valence electrons. The van der Waals surface area contributed by atoms with Gasteiger partial charge in [0.2, 0.25) is 21.9 Å². The largest absolute Gasteiger partial charge is 0.306 e. The SMILES string of the molecule is C[C@@H]1CN=C2N(Cc3cnn(C)c3)C(=O)c3cc(S(=O)(=O)NC4(C)CC4)cc(-c4ccc(F)nc4)c3N21. The Hall–Kier alpha value is -3.64. The number of hydrogen-bond donors (Lipinski definition) is 1. The van der Waals surface area contributed by atoms with Crippen molar-refractivity contribution >= 4 is 27.6 Å². The molecule has 1 atom stereocenters. The average molecular weight is 524 g/mol. The van der Waals surface area contributed by atoms with Gasteiger partial charge in [-0.05, 0) is 51.0 Å². The van der Waals surface area contributed by atoms with Crippen LogP contribution in [0.25, 0.3) is 11.1 Å². The number of aromatic nitrogens is 3. The molecule has 0 spiro atoms. The van der Waals surface area contributed by atoms with E-state index >= 15 is 0 Å². The fourth-order valence-corrected chi connectivity index (χ4v) is 6.35. The van der Waals surface area contributed by atoms with Crippen molar-refractivity contribution in [2.45, 2.75) is 49.7 Å². The number of sulfonamides is 1. The van der Waals surface area contributed by atoms with Crippen LogP contribution < -0.4 is 9.62 Å². The van der Waals surface area contributed by atoms with E-state index < -0.39 is 21.5 Å². The molecule has 1 fully saturated rings. The van der Waals surface area contributed by atoms with Gasteiger partial charge in [-0.3, -0.25) is 19.4 Å². The third-order valence-electron chi connectivity index (χ3n) is 7.02. The van der Waals surface area contributed by atoms with Crippen molar-refractivity contribution in [1.29, 1.82) is 0 Å². The van der Waals surface area contributed by atoms with E-state index in [9.17, 15) is 17.6 Å². The fraction of sp³-hybridized carbons (Fsp3) is 0.360. The fourth-order valence-electron chi connectivity index (χ4n) is 4.83. The van der Waals surface area contributed by atoms with Gasteiger partial charge in [-0.25, -0.2) is 18.1 Å². The van der Waals surface area contributed by atoms with Gasteiger partial charge in [-0.2, -0.15) is 9.49 Å². The number of benzene rings is 1. The first-order valence-electron chi connectivity index (χ1n) is 12.0. The van der Waals surface area contributed by atoms with Crippen LogP contribution in [0.15, 0.2) is 52.7 Å². The Balaban J connectivity index is 1.55. The van der Waals surface area contributed by atoms with E-state index in [0.717, 1.165) is 18.4 Å². The van der Waals surface area contributed by atoms with E-state index in [1.165, 1.54) is 30.5 Å². The van der Waals surface area contributed by atoms with Crippen molar-refractivity contribution in [2.75, 3.05) is 11.4 Å². The van der Waals surface area contributed by atoms with E-state index in [2.05, 4.69) is 19.8 Å². The summed E-state index contributed by atoms with van der Waals surface area (Å²) in [6, 6.07) is 5.64. The number of anilines is 1. The van der Waals surface area contributed by atoms with Crippen LogP contribution in [0.3, 0.4) is 0 Å². The van der Waals surface area contributed by atoms with Gasteiger partial charge in [0.05, 0.1) is 41.5 Å². The highest BCUT2D eigenvalue weighted by Gasteiger charge is 2.44. The molecule has 0 saturated heterocycles. The highest BCUT2D eigenvalue weighted by atomic mass is 32.2. The molecule has 12 heteroatoms. The number of rotatable bonds is 6. The smallest absolute Gasteiger partial charge is 0.263 e. The van der Waals surface area contributed by atoms with Gasteiger partial charge >= 0.3 is 0 Å². The monoisotopic (exact) mass is 523 g/mol. The second-order valence-electron chi connectivity index (χ2n) is 10.2. The van der Waals surface area contributed by atoms with Crippen molar-refractivity contribution < 1.29 is 17.6 Å². The van der Waals surface area contributed by atoms with Crippen molar-refractivity contribution in [2.24, 2.45) is 12.0 Å². The molecule has 37 heavy (non-hydrogen) atoms. The maximum Gasteiger partial charge on any atom is 0.263 e. The van der Waals surface area contributed by atoms with E-state index in [0.29, 0.717) is 29.3 Å². The summed E-state index contributed by atoms with van der Waals surface area (Å²) in [5, 5.41) is 4.20. The molecule has 6 rings (SSSR count). The van der Waals surface area contributed by atoms with Gasteiger partial charge in [0.1, 0.15) is 0 Å². The number of amides is 1. The standard InChI is InChI=1S/C25H26FN7O3S/c1-15-10-28-24-32(14-16-11-29-31(3)13-16)23(34)20-9-18(37(35,36)30-25(2)6-7-25)8-19(22(20)33(15)24)17-4-5-21(26)27-12-17/h4-5,8-9,11-13,15,30H,6-7,10,14H2,1-3H3/t15-/m1/s1. The highest BCUT2D eigenvalue weighted by Crippen LogP contribution is 2.43. The molecule has 10 nitrogen and oxygen atoms in total. The molecule has 2 aliphatic heterocycles. The molecule has 0 bridgehead atoms. The maximum atomic E-state index is 14.0. The summed E-state index contributed by atoms with van der Waals surface area (Å²) in [6.45, 7) is 4.54. The molecular formula is C25H26FN7O3S. The molecule has 3 aromatic rings. The quantitative estimate of drug-likeness (QED) is 0.497. The number of nitrogens with one attached hydrogen (secondary N) is 1. The molecule has 1 amide bonds. The molecule has 3 aliphatic rings. The summed E-state index contributed by atoms with van der Waals surface area (Å²) in [6.07, 6.45) is 6.34. The van der Waals surface area contributed by atoms with E-state index in [-0.39, 0.29) is 29.0 Å². The summed E-state index contributed by atoms with van der Waals surface area (Å²) >= 11 is 0. The molecule has 0 unspecified atom stereocenters. The first-order valence-corrected chi connectivity index (χ1v) is 13.5. The normalized spacial score (nSPS) is 20.1. The van der Waals surface area contributed by atoms with Crippen LogP contribution >= 0.6 is 0 Å². The van der Waals surface area contributed by atoms with Crippen LogP contribution in [0, 0.1) is 5.95 Å². The summed E-state index contributed by atoms with van der Waals surface area (Å²) in [5.41, 5.74) is 2.07. The highest BCUT2D eigenvalue weighted by molar-refractivity contribution is 7.89. The predicted molar refractivity (Wildman–Crippen MR) is 135 cm³/mol. The number of aliphatic imine (C=N–C) groups is 1. The van der Waals surface area contributed by atoms with Gasteiger partial charge in [-0.1, -0.05) is 0 Å². The zero-order chi connectivity index (χ0) is 26.1. The number of halogens is 1. The molecule has 1 saturated carbocycles. The average Bonchev–Trinajstić information content (AvgIpc) is 3.22. The molecule has 1 aromatic carbocycles. The molecular weight excluding hydrogens is 497 g/mol. The third kappa shape index (κ3) is 4.09. The van der Waals surface area contributed by atoms with Crippen LogP contribution in [0.4, 0.5) is 10.1 Å². The van der Waals surface area contributed by atoms with E-state index in [4.69, 9.17) is 0 Å². The van der Waals surface area contributed by atoms with Crippen LogP contribution in [0.5, 0.6) is 0 Å². The number of carbonyl (C=O) groups is 1. The molecule has 4 heterocycles. The van der Waals surface area contributed by atoms with E-state index in [1.807, 2.05) is 24.9 Å². The lowest BCUT2D eigenvalue weighted by molar-refractivity contribution is 0.0833. The summed E-state index contributed by atoms with van der Waals surface area (Å²) in [4.78, 5) is 25.9. The zero-order valence-electron chi connectivity index (χ0n) is 20.6. The van der Waals surface area contributed by atoms with Gasteiger partial charge < -0.3 is 4.90 Å². The number of nitrogens with zero attached hydrogens (tertiary/aromatic N) is 6. The van der Waals surface area contributed by atoms with Crippen LogP contribution in [0.2, 0.25) is 0 Å². The Bertz CT molecular complexity index is 1560. The number of guanidine groups is 1. The minimum Gasteiger partial charge on any atom is -0.306 e. The molecule has 2 aromatic heterocycles. The minimum atomic E-state index is -3.94. The van der Waals surface area contributed by atoms with Gasteiger partial charge in [0.25, 0.3) is 5.91 Å². The maximum absolute atomic E-state index is 14.0. The molecule has 1 aliphatic carbocycles. The topological polar surface area (TPSA) is 113 Å². The molecule has 1 N–H and O–H groups in total. The number of hydrogen-bond acceptors (Lipinski definition) is 7. The van der Waals surface area contributed by atoms with Crippen molar-refractivity contribution in [3.63, 3.8) is 0 Å². The predicted octanol–water partition coefficient (Wildman–Crippen LogP) is 2.67. The van der Waals surface area contributed by atoms with Crippen LogP contribution in [-0.4, -0.2) is 58.1 Å². The van der Waals surface area contributed by atoms with Crippen LogP contribution in [0.1, 0.15) is 42.6 Å². The van der Waals surface area contributed by atoms with Crippen LogP contribution in [-0.2, 0) is 23.6 Å². The lowest BCUT2D eigenvalue weighted by atomic mass is 9.97. The first kappa shape index (κ1) is 23.7. The second-order valence-corrected chi connectivity index (χ2v) is 11.9. The number of pyridine rings is 1.